The number of halogens is 2. The molecule has 5 nitrogen and oxygen atoms in total. The third kappa shape index (κ3) is 2.46. The van der Waals surface area contributed by atoms with Crippen LogP contribution in [0, 0.1) is 5.92 Å². The van der Waals surface area contributed by atoms with E-state index in [-0.39, 0.29) is 29.0 Å². The minimum Gasteiger partial charge on any atom is -0.376 e. The first-order valence-electron chi connectivity index (χ1n) is 6.25. The van der Waals surface area contributed by atoms with Crippen molar-refractivity contribution in [2.45, 2.75) is 29.5 Å². The highest BCUT2D eigenvalue weighted by Crippen LogP contribution is 2.38. The third-order valence-corrected chi connectivity index (χ3v) is 6.87. The topological polar surface area (TPSA) is 81.4 Å². The number of fused-ring (bicyclic) bond motifs is 1. The molecule has 1 saturated heterocycles. The quantitative estimate of drug-likeness (QED) is 0.770. The second-order valence-corrected chi connectivity index (χ2v) is 8.54. The summed E-state index contributed by atoms with van der Waals surface area (Å²) in [7, 11) is -3.63. The summed E-state index contributed by atoms with van der Waals surface area (Å²) in [5.74, 6) is 0.272. The third-order valence-electron chi connectivity index (χ3n) is 3.92. The highest BCUT2D eigenvalue weighted by Gasteiger charge is 2.53. The largest absolute Gasteiger partial charge is 0.376 e. The van der Waals surface area contributed by atoms with Crippen LogP contribution in [-0.2, 0) is 14.8 Å². The van der Waals surface area contributed by atoms with E-state index >= 15 is 0 Å². The first-order chi connectivity index (χ1) is 9.40. The Morgan fingerprint density at radius 1 is 1.35 bits per heavy atom. The molecule has 3 N–H and O–H groups in total. The molecule has 110 valence electrons. The van der Waals surface area contributed by atoms with Crippen molar-refractivity contribution in [2.75, 3.05) is 6.61 Å². The van der Waals surface area contributed by atoms with E-state index in [0.717, 1.165) is 6.42 Å². The van der Waals surface area contributed by atoms with Gasteiger partial charge in [-0.05, 0) is 40.5 Å². The van der Waals surface area contributed by atoms with Gasteiger partial charge in [-0.3, -0.25) is 0 Å². The summed E-state index contributed by atoms with van der Waals surface area (Å²) in [5.41, 5.74) is 6.03. The van der Waals surface area contributed by atoms with Crippen LogP contribution in [0.5, 0.6) is 0 Å². The van der Waals surface area contributed by atoms with Crippen LogP contribution in [0.4, 0.5) is 0 Å². The lowest BCUT2D eigenvalue weighted by molar-refractivity contribution is -0.00924. The number of sulfonamides is 1. The van der Waals surface area contributed by atoms with E-state index in [1.807, 2.05) is 0 Å². The maximum absolute atomic E-state index is 12.5. The highest BCUT2D eigenvalue weighted by atomic mass is 79.9. The average Bonchev–Trinajstić information content (AvgIpc) is 2.84. The molecule has 0 spiro atoms. The monoisotopic (exact) mass is 424 g/mol. The van der Waals surface area contributed by atoms with Gasteiger partial charge in [0, 0.05) is 27.5 Å². The molecule has 1 aromatic carbocycles. The Kier molecular flexibility index (Phi) is 3.98. The van der Waals surface area contributed by atoms with Gasteiger partial charge in [-0.1, -0.05) is 15.9 Å². The summed E-state index contributed by atoms with van der Waals surface area (Å²) in [5, 5.41) is 0. The van der Waals surface area contributed by atoms with Gasteiger partial charge in [0.1, 0.15) is 0 Å². The molecule has 0 radical (unpaired) electrons. The van der Waals surface area contributed by atoms with E-state index in [9.17, 15) is 8.42 Å². The molecule has 1 aliphatic carbocycles. The van der Waals surface area contributed by atoms with Crippen LogP contribution in [0.3, 0.4) is 0 Å². The minimum atomic E-state index is -3.63. The van der Waals surface area contributed by atoms with Crippen molar-refractivity contribution in [1.82, 2.24) is 4.72 Å². The van der Waals surface area contributed by atoms with Crippen LogP contribution in [0.1, 0.15) is 6.42 Å². The zero-order chi connectivity index (χ0) is 14.5. The summed E-state index contributed by atoms with van der Waals surface area (Å²) in [6.07, 6.45) is 0.815. The second-order valence-electron chi connectivity index (χ2n) is 5.09. The van der Waals surface area contributed by atoms with E-state index in [2.05, 4.69) is 36.6 Å². The first-order valence-corrected chi connectivity index (χ1v) is 9.31. The van der Waals surface area contributed by atoms with E-state index in [1.54, 1.807) is 18.2 Å². The van der Waals surface area contributed by atoms with E-state index in [1.165, 1.54) is 0 Å². The molecule has 1 aliphatic heterocycles. The fraction of sp³-hybridized carbons (Fsp3) is 0.500. The molecule has 0 amide bonds. The Morgan fingerprint density at radius 2 is 2.10 bits per heavy atom. The van der Waals surface area contributed by atoms with E-state index < -0.39 is 10.0 Å². The number of nitrogens with one attached hydrogen (secondary N) is 1. The maximum Gasteiger partial charge on any atom is 0.242 e. The lowest BCUT2D eigenvalue weighted by Crippen LogP contribution is -2.68. The standard InChI is InChI=1S/C12H14Br2N2O3S/c13-6-1-2-8(14)9(5-6)20(17,18)16-11-10(15)7-3-4-19-12(7)11/h1-2,5,7,10-12,16H,3-4,15H2. The summed E-state index contributed by atoms with van der Waals surface area (Å²) < 4.78 is 34.4. The van der Waals surface area contributed by atoms with E-state index in [0.29, 0.717) is 15.6 Å². The number of hydrogen-bond donors (Lipinski definition) is 2. The van der Waals surface area contributed by atoms with Crippen molar-refractivity contribution < 1.29 is 13.2 Å². The normalized spacial score (nSPS) is 32.8. The number of rotatable bonds is 3. The lowest BCUT2D eigenvalue weighted by atomic mass is 9.73. The molecule has 1 aromatic rings. The average molecular weight is 426 g/mol. The van der Waals surface area contributed by atoms with Crippen molar-refractivity contribution in [3.05, 3.63) is 27.1 Å². The molecule has 1 heterocycles. The van der Waals surface area contributed by atoms with Gasteiger partial charge in [0.2, 0.25) is 10.0 Å². The molecule has 20 heavy (non-hydrogen) atoms. The zero-order valence-electron chi connectivity index (χ0n) is 10.4. The van der Waals surface area contributed by atoms with Crippen molar-refractivity contribution in [2.24, 2.45) is 11.7 Å². The Morgan fingerprint density at radius 3 is 2.85 bits per heavy atom. The second kappa shape index (κ2) is 5.33. The first kappa shape index (κ1) is 14.9. The van der Waals surface area contributed by atoms with Gasteiger partial charge in [0.15, 0.2) is 0 Å². The Balaban J connectivity index is 1.84. The number of hydrogen-bond acceptors (Lipinski definition) is 4. The number of ether oxygens (including phenoxy) is 1. The van der Waals surface area contributed by atoms with Crippen molar-refractivity contribution in [3.8, 4) is 0 Å². The summed E-state index contributed by atoms with van der Waals surface area (Å²) in [6, 6.07) is 4.49. The summed E-state index contributed by atoms with van der Waals surface area (Å²) in [4.78, 5) is 0.195. The van der Waals surface area contributed by atoms with Gasteiger partial charge < -0.3 is 10.5 Å². The summed E-state index contributed by atoms with van der Waals surface area (Å²) in [6.45, 7) is 0.655. The van der Waals surface area contributed by atoms with Crippen LogP contribution in [0.25, 0.3) is 0 Å². The van der Waals surface area contributed by atoms with Crippen molar-refractivity contribution in [1.29, 1.82) is 0 Å². The molecule has 3 rings (SSSR count). The van der Waals surface area contributed by atoms with E-state index in [4.69, 9.17) is 10.5 Å². The minimum absolute atomic E-state index is 0.0919. The smallest absolute Gasteiger partial charge is 0.242 e. The van der Waals surface area contributed by atoms with Crippen LogP contribution >= 0.6 is 31.9 Å². The fourth-order valence-corrected chi connectivity index (χ4v) is 5.60. The Bertz CT molecular complexity index is 638. The molecule has 0 aromatic heterocycles. The molecular weight excluding hydrogens is 412 g/mol. The van der Waals surface area contributed by atoms with Gasteiger partial charge in [0.25, 0.3) is 0 Å². The number of benzene rings is 1. The predicted molar refractivity (Wildman–Crippen MR) is 81.8 cm³/mol. The van der Waals surface area contributed by atoms with Gasteiger partial charge in [-0.2, -0.15) is 0 Å². The van der Waals surface area contributed by atoms with Crippen LogP contribution in [0.15, 0.2) is 32.0 Å². The molecule has 0 bridgehead atoms. The van der Waals surface area contributed by atoms with Crippen LogP contribution in [0.2, 0.25) is 0 Å². The van der Waals surface area contributed by atoms with Gasteiger partial charge in [0.05, 0.1) is 17.0 Å². The summed E-state index contributed by atoms with van der Waals surface area (Å²) >= 11 is 6.55. The molecule has 1 saturated carbocycles. The highest BCUT2D eigenvalue weighted by molar-refractivity contribution is 9.11. The molecule has 4 atom stereocenters. The molecule has 2 fully saturated rings. The van der Waals surface area contributed by atoms with Gasteiger partial charge in [-0.15, -0.1) is 0 Å². The fourth-order valence-electron chi connectivity index (χ4n) is 2.82. The van der Waals surface area contributed by atoms with Gasteiger partial charge >= 0.3 is 0 Å². The predicted octanol–water partition coefficient (Wildman–Crippen LogP) is 1.60. The lowest BCUT2D eigenvalue weighted by Gasteiger charge is -2.45. The van der Waals surface area contributed by atoms with Crippen molar-refractivity contribution >= 4 is 41.9 Å². The Labute approximate surface area is 134 Å². The molecular formula is C12H14Br2N2O3S. The van der Waals surface area contributed by atoms with Gasteiger partial charge in [-0.25, -0.2) is 13.1 Å². The SMILES string of the molecule is NC1C2CCOC2C1NS(=O)(=O)c1cc(Br)ccc1Br. The molecule has 2 aliphatic rings. The maximum atomic E-state index is 12.5. The molecule has 4 unspecified atom stereocenters. The Hall–Kier alpha value is 0.01000. The van der Waals surface area contributed by atoms with Crippen LogP contribution < -0.4 is 10.5 Å². The zero-order valence-corrected chi connectivity index (χ0v) is 14.4. The number of nitrogens with two attached hydrogens (primary N) is 1. The van der Waals surface area contributed by atoms with Crippen molar-refractivity contribution in [3.63, 3.8) is 0 Å². The molecule has 8 heteroatoms. The van der Waals surface area contributed by atoms with Crippen LogP contribution in [-0.4, -0.2) is 33.2 Å².